The monoisotopic (exact) mass is 1230 g/mol. The number of carbonyl (C=O) groups is 2. The van der Waals surface area contributed by atoms with E-state index in [4.69, 9.17) is 47.4 Å². The second-order valence-corrected chi connectivity index (χ2v) is 27.7. The van der Waals surface area contributed by atoms with Crippen LogP contribution in [0.1, 0.15) is 177 Å². The molecule has 4 aromatic carbocycles. The zero-order valence-electron chi connectivity index (χ0n) is 58.1. The standard InChI is InChI=1S/C23H32O4.C13H19O2.2C12H18O2.C12H17O2.Li.Zn/c1-21(2,3)15-12-17(25-6)19(18(13-15)26-7)16-11-14-9-10-23(16,20(24)27-8)22(14,4)5;1-9-11(14-5)7-10(13(2,3)4)8-12(9)15-6;1-8-7-9-5-6-12(8,10(13)14-4)11(9,2)3;2*1-12(2,3)9-6-10(13-4)8-11(7-9)14-5;;/h11-14H,9-10H2,1-8H3;7-8H,1H2,2-6H3;7,9H,5-6H2,1-4H3;6-8H,1-5H3;6-7H,1-5H3;;/q;-1;;;-1;+1;/t14-,23+;;9-,12+;;;;/m1.1..../s1. The summed E-state index contributed by atoms with van der Waals surface area (Å²) in [6, 6.07) is 21.1. The van der Waals surface area contributed by atoms with Gasteiger partial charge in [0.1, 0.15) is 23.0 Å². The van der Waals surface area contributed by atoms with Gasteiger partial charge in [0.25, 0.3) is 0 Å². The first-order valence-electron chi connectivity index (χ1n) is 29.2. The number of hydrogen-bond acceptors (Lipinski definition) is 12. The Kier molecular flexibility index (Phi) is 26.7. The van der Waals surface area contributed by atoms with Gasteiger partial charge in [0.2, 0.25) is 0 Å². The summed E-state index contributed by atoms with van der Waals surface area (Å²) in [5.74, 6) is 6.85. The Labute approximate surface area is 543 Å². The Bertz CT molecular complexity index is 2840. The molecule has 0 N–H and O–H groups in total. The first-order valence-corrected chi connectivity index (χ1v) is 29.2. The summed E-state index contributed by atoms with van der Waals surface area (Å²) in [6.45, 7) is 40.7. The first kappa shape index (κ1) is 76.9. The van der Waals surface area contributed by atoms with Crippen LogP contribution in [0.25, 0.3) is 5.57 Å². The quantitative estimate of drug-likeness (QED) is 0.0614. The van der Waals surface area contributed by atoms with Crippen LogP contribution in [0.15, 0.2) is 72.3 Å². The van der Waals surface area contributed by atoms with Gasteiger partial charge in [0.15, 0.2) is 0 Å². The van der Waals surface area contributed by atoms with E-state index in [1.807, 2.05) is 42.5 Å². The minimum absolute atomic E-state index is 0. The molecule has 14 heteroatoms. The Hall–Kier alpha value is -5.21. The van der Waals surface area contributed by atoms with Crippen LogP contribution in [0.2, 0.25) is 0 Å². The molecule has 0 spiro atoms. The molecule has 2 fully saturated rings. The van der Waals surface area contributed by atoms with Gasteiger partial charge in [-0.2, -0.15) is 6.92 Å². The molecule has 4 aliphatic rings. The average molecular weight is 1230 g/mol. The third-order valence-corrected chi connectivity index (χ3v) is 18.2. The maximum Gasteiger partial charge on any atom is 1.00 e. The number of hydrogen-bond donors (Lipinski definition) is 0. The van der Waals surface area contributed by atoms with Gasteiger partial charge in [-0.05, 0) is 118 Å². The summed E-state index contributed by atoms with van der Waals surface area (Å²) in [7, 11) is 16.2. The van der Waals surface area contributed by atoms with E-state index in [0.29, 0.717) is 23.3 Å². The van der Waals surface area contributed by atoms with Crippen LogP contribution in [0.4, 0.5) is 0 Å². The molecule has 4 atom stereocenters. The van der Waals surface area contributed by atoms with E-state index in [0.717, 1.165) is 82.4 Å². The first-order chi connectivity index (χ1) is 38.8. The van der Waals surface area contributed by atoms with E-state index in [1.165, 1.54) is 36.5 Å². The summed E-state index contributed by atoms with van der Waals surface area (Å²) in [5.41, 5.74) is 7.70. The van der Waals surface area contributed by atoms with Crippen molar-refractivity contribution in [2.24, 2.45) is 33.5 Å². The van der Waals surface area contributed by atoms with Gasteiger partial charge in [-0.25, -0.2) is 0 Å². The molecule has 0 saturated heterocycles. The molecule has 12 nitrogen and oxygen atoms in total. The van der Waals surface area contributed by atoms with E-state index < -0.39 is 5.41 Å². The van der Waals surface area contributed by atoms with Crippen LogP contribution in [0.5, 0.6) is 46.0 Å². The second kappa shape index (κ2) is 29.9. The molecule has 0 radical (unpaired) electrons. The predicted octanol–water partition coefficient (Wildman–Crippen LogP) is 13.5. The zero-order valence-corrected chi connectivity index (χ0v) is 61.1. The second-order valence-electron chi connectivity index (χ2n) is 27.7. The van der Waals surface area contributed by atoms with Crippen molar-refractivity contribution in [2.75, 3.05) is 71.1 Å². The minimum Gasteiger partial charge on any atom is -0.553 e. The van der Waals surface area contributed by atoms with Gasteiger partial charge in [-0.15, -0.1) is 23.3 Å². The summed E-state index contributed by atoms with van der Waals surface area (Å²) in [6.07, 6.45) is 8.38. The fraction of sp³-hybridized carbons (Fsp3) is 0.569. The molecular formula is C72H104LiO12Zn-. The van der Waals surface area contributed by atoms with Gasteiger partial charge >= 0.3 is 30.8 Å². The van der Waals surface area contributed by atoms with Gasteiger partial charge in [0, 0.05) is 48.5 Å². The van der Waals surface area contributed by atoms with Gasteiger partial charge in [-0.3, -0.25) is 9.59 Å². The van der Waals surface area contributed by atoms with E-state index >= 15 is 0 Å². The van der Waals surface area contributed by atoms with Crippen molar-refractivity contribution in [3.8, 4) is 46.0 Å². The molecule has 0 amide bonds. The molecule has 4 aromatic rings. The molecule has 0 aliphatic heterocycles. The number of benzene rings is 4. The van der Waals surface area contributed by atoms with Crippen molar-refractivity contribution in [3.05, 3.63) is 119 Å². The van der Waals surface area contributed by atoms with Crippen molar-refractivity contribution in [1.29, 1.82) is 0 Å². The number of carbonyl (C=O) groups excluding carboxylic acids is 2. The number of rotatable bonds is 11. The Morgan fingerprint density at radius 3 is 1.09 bits per heavy atom. The number of methoxy groups -OCH3 is 10. The zero-order chi connectivity index (χ0) is 63.9. The van der Waals surface area contributed by atoms with Crippen LogP contribution in [0, 0.1) is 46.5 Å². The third kappa shape index (κ3) is 16.0. The van der Waals surface area contributed by atoms with Gasteiger partial charge in [-0.1, -0.05) is 152 Å². The molecule has 0 heterocycles. The molecule has 0 unspecified atom stereocenters. The van der Waals surface area contributed by atoms with Crippen LogP contribution in [-0.4, -0.2) is 83.0 Å². The minimum atomic E-state index is -0.670. The largest absolute Gasteiger partial charge is 1.00 e. The number of ether oxygens (including phenoxy) is 10. The third-order valence-electron chi connectivity index (χ3n) is 18.2. The summed E-state index contributed by atoms with van der Waals surface area (Å²) in [4.78, 5) is 25.0. The van der Waals surface area contributed by atoms with Crippen LogP contribution in [-0.2, 0) is 60.2 Å². The Morgan fingerprint density at radius 2 is 0.791 bits per heavy atom. The molecule has 2 saturated carbocycles. The Balaban J connectivity index is 0.000000377. The maximum absolute atomic E-state index is 13.1. The SMILES string of the molecule is COC(=O)[C@]12CC[C@H](C=C1C)C2(C)C.COC(=O)[C@]12CC[C@H](C=C1c1c(OC)cc(C(C)(C)C)cc1OC)C2(C)C.COc1[c-]c(OC)cc(C(C)(C)C)c1.COc1cc(OC)cc(C(C)(C)C)c1.[CH2-]c1c(OC)cc(C(C)(C)C)cc1OC.[Li+].[Zn]. The van der Waals surface area contributed by atoms with Crippen LogP contribution >= 0.6 is 0 Å². The van der Waals surface area contributed by atoms with Gasteiger partial charge in [0.05, 0.1) is 87.5 Å². The smallest absolute Gasteiger partial charge is 0.553 e. The fourth-order valence-corrected chi connectivity index (χ4v) is 12.4. The van der Waals surface area contributed by atoms with Crippen molar-refractivity contribution in [1.82, 2.24) is 0 Å². The summed E-state index contributed by atoms with van der Waals surface area (Å²) < 4.78 is 53.2. The maximum atomic E-state index is 13.1. The van der Waals surface area contributed by atoms with Crippen molar-refractivity contribution < 1.29 is 95.3 Å². The molecule has 0 aromatic heterocycles. The predicted molar refractivity (Wildman–Crippen MR) is 340 cm³/mol. The summed E-state index contributed by atoms with van der Waals surface area (Å²) >= 11 is 0. The van der Waals surface area contributed by atoms with E-state index in [1.54, 1.807) is 56.9 Å². The van der Waals surface area contributed by atoms with Crippen LogP contribution in [0.3, 0.4) is 0 Å². The Morgan fingerprint density at radius 1 is 0.465 bits per heavy atom. The molecule has 8 rings (SSSR count). The molecular weight excluding hydrogens is 1130 g/mol. The molecule has 4 aliphatic carbocycles. The van der Waals surface area contributed by atoms with Crippen molar-refractivity contribution >= 4 is 17.5 Å². The summed E-state index contributed by atoms with van der Waals surface area (Å²) in [5, 5.41) is 0. The van der Waals surface area contributed by atoms with Crippen molar-refractivity contribution in [2.45, 2.75) is 165 Å². The van der Waals surface area contributed by atoms with E-state index in [9.17, 15) is 9.59 Å². The topological polar surface area (TPSA) is 126 Å². The molecule has 4 bridgehead atoms. The fourth-order valence-electron chi connectivity index (χ4n) is 12.4. The van der Waals surface area contributed by atoms with Gasteiger partial charge < -0.3 is 47.4 Å². The number of fused-ring (bicyclic) bond motifs is 4. The molecule has 468 valence electrons. The average Bonchev–Trinajstić information content (AvgIpc) is 1.54. The van der Waals surface area contributed by atoms with Crippen molar-refractivity contribution in [3.63, 3.8) is 0 Å². The number of esters is 2. The van der Waals surface area contributed by atoms with E-state index in [-0.39, 0.29) is 88.2 Å². The van der Waals surface area contributed by atoms with E-state index in [2.05, 4.69) is 155 Å². The number of allylic oxidation sites excluding steroid dienone is 2. The molecule has 86 heavy (non-hydrogen) atoms. The normalized spacial score (nSPS) is 20.0. The van der Waals surface area contributed by atoms with Crippen LogP contribution < -0.4 is 56.8 Å².